The van der Waals surface area contributed by atoms with E-state index in [1.165, 1.54) is 67.2 Å². The molecule has 0 N–H and O–H groups in total. The Bertz CT molecular complexity index is 1140. The van der Waals surface area contributed by atoms with Crippen LogP contribution in [0.5, 0.6) is 0 Å². The number of aromatic nitrogens is 1. The van der Waals surface area contributed by atoms with Gasteiger partial charge in [0.15, 0.2) is 0 Å². The van der Waals surface area contributed by atoms with E-state index in [9.17, 15) is 4.79 Å². The minimum atomic E-state index is -0.424. The van der Waals surface area contributed by atoms with E-state index in [1.807, 2.05) is 44.0 Å². The van der Waals surface area contributed by atoms with Crippen LogP contribution in [-0.4, -0.2) is 65.7 Å². The number of halogens is 1. The van der Waals surface area contributed by atoms with Crippen LogP contribution in [0.15, 0.2) is 46.3 Å². The Morgan fingerprint density at radius 2 is 1.67 bits per heavy atom. The normalized spacial score (nSPS) is 19.1. The first-order valence-corrected chi connectivity index (χ1v) is 15.8. The van der Waals surface area contributed by atoms with E-state index < -0.39 is 5.60 Å². The molecule has 6 nitrogen and oxygen atoms in total. The summed E-state index contributed by atoms with van der Waals surface area (Å²) in [5.74, 6) is 1.05. The molecule has 5 rings (SSSR count). The second kappa shape index (κ2) is 12.3. The first-order chi connectivity index (χ1) is 18.7. The van der Waals surface area contributed by atoms with E-state index in [0.29, 0.717) is 5.41 Å². The van der Waals surface area contributed by atoms with E-state index in [1.54, 1.807) is 11.8 Å². The van der Waals surface area contributed by atoms with Crippen LogP contribution in [0.25, 0.3) is 0 Å². The fourth-order valence-electron chi connectivity index (χ4n) is 6.11. The van der Waals surface area contributed by atoms with Crippen molar-refractivity contribution in [2.75, 3.05) is 44.2 Å². The van der Waals surface area contributed by atoms with Gasteiger partial charge in [-0.2, -0.15) is 0 Å². The lowest BCUT2D eigenvalue weighted by Gasteiger charge is -2.47. The van der Waals surface area contributed by atoms with Gasteiger partial charge in [0, 0.05) is 35.7 Å². The topological polar surface area (TPSA) is 48.9 Å². The van der Waals surface area contributed by atoms with E-state index in [4.69, 9.17) is 21.3 Å². The van der Waals surface area contributed by atoms with Crippen molar-refractivity contribution in [1.29, 1.82) is 0 Å². The number of fused-ring (bicyclic) bond motifs is 2. The predicted molar refractivity (Wildman–Crippen MR) is 160 cm³/mol. The summed E-state index contributed by atoms with van der Waals surface area (Å²) < 4.78 is 5.58. The van der Waals surface area contributed by atoms with Gasteiger partial charge in [0.1, 0.15) is 11.4 Å². The van der Waals surface area contributed by atoms with Gasteiger partial charge in [-0.15, -0.1) is 0 Å². The van der Waals surface area contributed by atoms with Crippen molar-refractivity contribution < 1.29 is 9.53 Å². The standard InChI is InChI=1S/C31H43ClN4O2S/c1-30(2,3)38-29(37)35-21-14-31(15-22-35)12-19-34(20-13-31)17-6-4-5-7-18-36-25-23-24(32)10-11-26(25)39-27-9-8-16-33-28(27)36/h8-11,16,23H,4-7,12-15,17-22H2,1-3H3. The third-order valence-electron chi connectivity index (χ3n) is 8.44. The third kappa shape index (κ3) is 7.22. The van der Waals surface area contributed by atoms with Gasteiger partial charge in [-0.1, -0.05) is 36.2 Å². The molecule has 0 saturated carbocycles. The molecule has 0 aliphatic carbocycles. The minimum Gasteiger partial charge on any atom is -0.444 e. The number of nitrogens with zero attached hydrogens (tertiary/aromatic N) is 4. The summed E-state index contributed by atoms with van der Waals surface area (Å²) in [4.78, 5) is 26.5. The maximum absolute atomic E-state index is 12.4. The minimum absolute atomic E-state index is 0.151. The van der Waals surface area contributed by atoms with Crippen LogP contribution in [0, 0.1) is 5.41 Å². The number of piperidine rings is 2. The van der Waals surface area contributed by atoms with Gasteiger partial charge in [-0.25, -0.2) is 9.78 Å². The molecule has 2 aromatic rings. The lowest BCUT2D eigenvalue weighted by atomic mass is 9.71. The number of carbonyl (C=O) groups is 1. The molecule has 1 aromatic heterocycles. The Kier molecular flexibility index (Phi) is 8.99. The molecule has 3 aliphatic heterocycles. The molecular formula is C31H43ClN4O2S. The molecule has 1 amide bonds. The Balaban J connectivity index is 1.01. The molecule has 212 valence electrons. The number of rotatable bonds is 7. The number of benzene rings is 1. The van der Waals surface area contributed by atoms with Crippen molar-refractivity contribution in [3.8, 4) is 0 Å². The molecule has 4 heterocycles. The summed E-state index contributed by atoms with van der Waals surface area (Å²) >= 11 is 8.13. The number of anilines is 2. The summed E-state index contributed by atoms with van der Waals surface area (Å²) in [7, 11) is 0. The van der Waals surface area contributed by atoms with Gasteiger partial charge < -0.3 is 19.4 Å². The monoisotopic (exact) mass is 570 g/mol. The second-order valence-corrected chi connectivity index (χ2v) is 13.9. The highest BCUT2D eigenvalue weighted by Gasteiger charge is 2.39. The third-order valence-corrected chi connectivity index (χ3v) is 9.78. The van der Waals surface area contributed by atoms with Crippen LogP contribution >= 0.6 is 23.4 Å². The molecule has 0 unspecified atom stereocenters. The Hall–Kier alpha value is -1.96. The van der Waals surface area contributed by atoms with Crippen molar-refractivity contribution in [2.24, 2.45) is 5.41 Å². The van der Waals surface area contributed by atoms with Crippen LogP contribution in [0.2, 0.25) is 5.02 Å². The molecule has 8 heteroatoms. The van der Waals surface area contributed by atoms with Gasteiger partial charge in [0.05, 0.1) is 10.6 Å². The van der Waals surface area contributed by atoms with Gasteiger partial charge >= 0.3 is 6.09 Å². The van der Waals surface area contributed by atoms with Gasteiger partial charge in [-0.3, -0.25) is 0 Å². The Labute approximate surface area is 243 Å². The lowest BCUT2D eigenvalue weighted by Crippen LogP contribution is -2.49. The number of unbranched alkanes of at least 4 members (excludes halogenated alkanes) is 3. The van der Waals surface area contributed by atoms with E-state index >= 15 is 0 Å². The first kappa shape index (κ1) is 28.6. The molecule has 0 atom stereocenters. The van der Waals surface area contributed by atoms with Crippen molar-refractivity contribution in [3.05, 3.63) is 41.6 Å². The zero-order valence-corrected chi connectivity index (χ0v) is 25.3. The van der Waals surface area contributed by atoms with Crippen LogP contribution in [-0.2, 0) is 4.74 Å². The molecule has 3 aliphatic rings. The summed E-state index contributed by atoms with van der Waals surface area (Å²) in [5, 5.41) is 0.774. The SMILES string of the molecule is CC(C)(C)OC(=O)N1CCC2(CCN(CCCCCCN3c4cc(Cl)ccc4Sc4cccnc43)CC2)CC1. The molecule has 39 heavy (non-hydrogen) atoms. The fraction of sp³-hybridized carbons (Fsp3) is 0.613. The fourth-order valence-corrected chi connectivity index (χ4v) is 7.33. The van der Waals surface area contributed by atoms with Crippen molar-refractivity contribution in [1.82, 2.24) is 14.8 Å². The van der Waals surface area contributed by atoms with Crippen LogP contribution < -0.4 is 4.90 Å². The van der Waals surface area contributed by atoms with E-state index in [2.05, 4.69) is 28.0 Å². The number of hydrogen-bond acceptors (Lipinski definition) is 6. The largest absolute Gasteiger partial charge is 0.444 e. The van der Waals surface area contributed by atoms with Crippen LogP contribution in [0.4, 0.5) is 16.3 Å². The van der Waals surface area contributed by atoms with Gasteiger partial charge in [0.2, 0.25) is 0 Å². The van der Waals surface area contributed by atoms with Gasteiger partial charge in [0.25, 0.3) is 0 Å². The second-order valence-electron chi connectivity index (χ2n) is 12.4. The molecule has 0 radical (unpaired) electrons. The van der Waals surface area contributed by atoms with Gasteiger partial charge in [-0.05, 0) is 115 Å². The molecule has 1 spiro atoms. The van der Waals surface area contributed by atoms with Crippen molar-refractivity contribution >= 4 is 41.0 Å². The smallest absolute Gasteiger partial charge is 0.410 e. The zero-order chi connectivity index (χ0) is 27.5. The van der Waals surface area contributed by atoms with E-state index in [0.717, 1.165) is 49.7 Å². The number of ether oxygens (including phenoxy) is 1. The molecular weight excluding hydrogens is 528 g/mol. The quantitative estimate of drug-likeness (QED) is 0.314. The van der Waals surface area contributed by atoms with Crippen LogP contribution in [0.1, 0.15) is 72.1 Å². The Morgan fingerprint density at radius 3 is 2.38 bits per heavy atom. The van der Waals surface area contributed by atoms with Crippen LogP contribution in [0.3, 0.4) is 0 Å². The zero-order valence-electron chi connectivity index (χ0n) is 23.8. The number of carbonyl (C=O) groups excluding carboxylic acids is 1. The highest BCUT2D eigenvalue weighted by molar-refractivity contribution is 7.99. The van der Waals surface area contributed by atoms with E-state index in [-0.39, 0.29) is 6.09 Å². The maximum atomic E-state index is 12.4. The molecule has 0 bridgehead atoms. The number of hydrogen-bond donors (Lipinski definition) is 0. The highest BCUT2D eigenvalue weighted by Crippen LogP contribution is 2.48. The number of pyridine rings is 1. The number of amides is 1. The van der Waals surface area contributed by atoms with Crippen molar-refractivity contribution in [2.45, 2.75) is 87.5 Å². The summed E-state index contributed by atoms with van der Waals surface area (Å²) in [6.07, 6.45) is 11.4. The Morgan fingerprint density at radius 1 is 0.974 bits per heavy atom. The highest BCUT2D eigenvalue weighted by atomic mass is 35.5. The maximum Gasteiger partial charge on any atom is 0.410 e. The number of likely N-dealkylation sites (tertiary alicyclic amines) is 2. The lowest BCUT2D eigenvalue weighted by molar-refractivity contribution is -0.00249. The summed E-state index contributed by atoms with van der Waals surface area (Å²) in [6.45, 7) is 12.0. The summed E-state index contributed by atoms with van der Waals surface area (Å²) in [6, 6.07) is 10.3. The predicted octanol–water partition coefficient (Wildman–Crippen LogP) is 8.01. The molecule has 2 fully saturated rings. The molecule has 2 saturated heterocycles. The average Bonchev–Trinajstić information content (AvgIpc) is 2.91. The average molecular weight is 571 g/mol. The summed E-state index contributed by atoms with van der Waals surface area (Å²) in [5.41, 5.74) is 1.18. The first-order valence-electron chi connectivity index (χ1n) is 14.6. The molecule has 1 aromatic carbocycles. The van der Waals surface area contributed by atoms with Crippen molar-refractivity contribution in [3.63, 3.8) is 0 Å².